The van der Waals surface area contributed by atoms with Crippen LogP contribution in [-0.2, 0) is 9.53 Å². The van der Waals surface area contributed by atoms with Gasteiger partial charge in [-0.05, 0) is 38.2 Å². The second kappa shape index (κ2) is 6.78. The molecule has 0 radical (unpaired) electrons. The first-order valence-electron chi connectivity index (χ1n) is 6.55. The van der Waals surface area contributed by atoms with Crippen molar-refractivity contribution in [3.8, 4) is 0 Å². The van der Waals surface area contributed by atoms with E-state index in [1.165, 1.54) is 5.38 Å². The summed E-state index contributed by atoms with van der Waals surface area (Å²) in [6.45, 7) is 9.24. The van der Waals surface area contributed by atoms with Gasteiger partial charge in [-0.2, -0.15) is 0 Å². The standard InChI is InChI=1S/C13H21N3O3S/c1-6-8(2)10(12(18)19-13(3,4)5)14-11(17)9-7-20-16-15-9/h7-8,10H,6H2,1-5H3,(H,14,17)/t8-,10-/m0/s1. The van der Waals surface area contributed by atoms with Crippen LogP contribution >= 0.6 is 11.5 Å². The van der Waals surface area contributed by atoms with E-state index in [0.717, 1.165) is 18.0 Å². The molecule has 0 aliphatic rings. The smallest absolute Gasteiger partial charge is 0.329 e. The summed E-state index contributed by atoms with van der Waals surface area (Å²) in [5.41, 5.74) is -0.373. The van der Waals surface area contributed by atoms with Crippen molar-refractivity contribution in [1.82, 2.24) is 14.9 Å². The van der Waals surface area contributed by atoms with Crippen LogP contribution in [0.25, 0.3) is 0 Å². The monoisotopic (exact) mass is 299 g/mol. The first-order chi connectivity index (χ1) is 9.24. The number of carbonyl (C=O) groups excluding carboxylic acids is 2. The van der Waals surface area contributed by atoms with Crippen LogP contribution < -0.4 is 5.32 Å². The zero-order chi connectivity index (χ0) is 15.3. The fourth-order valence-electron chi connectivity index (χ4n) is 1.51. The quantitative estimate of drug-likeness (QED) is 0.841. The number of hydrogen-bond donors (Lipinski definition) is 1. The average Bonchev–Trinajstić information content (AvgIpc) is 2.86. The van der Waals surface area contributed by atoms with Gasteiger partial charge in [0.15, 0.2) is 5.69 Å². The van der Waals surface area contributed by atoms with Gasteiger partial charge < -0.3 is 10.1 Å². The van der Waals surface area contributed by atoms with E-state index >= 15 is 0 Å². The van der Waals surface area contributed by atoms with Gasteiger partial charge in [0.2, 0.25) is 0 Å². The molecule has 0 unspecified atom stereocenters. The lowest BCUT2D eigenvalue weighted by atomic mass is 9.98. The fourth-order valence-corrected chi connectivity index (χ4v) is 1.95. The van der Waals surface area contributed by atoms with Gasteiger partial charge in [0, 0.05) is 5.38 Å². The minimum Gasteiger partial charge on any atom is -0.458 e. The summed E-state index contributed by atoms with van der Waals surface area (Å²) in [5.74, 6) is -0.862. The number of nitrogens with one attached hydrogen (secondary N) is 1. The highest BCUT2D eigenvalue weighted by Crippen LogP contribution is 2.15. The van der Waals surface area contributed by atoms with Gasteiger partial charge in [-0.15, -0.1) is 5.10 Å². The summed E-state index contributed by atoms with van der Waals surface area (Å²) < 4.78 is 8.99. The molecule has 1 amide bonds. The van der Waals surface area contributed by atoms with Crippen molar-refractivity contribution in [3.05, 3.63) is 11.1 Å². The van der Waals surface area contributed by atoms with Crippen molar-refractivity contribution < 1.29 is 14.3 Å². The summed E-state index contributed by atoms with van der Waals surface area (Å²) in [7, 11) is 0. The first kappa shape index (κ1) is 16.6. The molecule has 1 heterocycles. The van der Waals surface area contributed by atoms with Crippen molar-refractivity contribution in [1.29, 1.82) is 0 Å². The Morgan fingerprint density at radius 2 is 2.10 bits per heavy atom. The zero-order valence-corrected chi connectivity index (χ0v) is 13.3. The zero-order valence-electron chi connectivity index (χ0n) is 12.5. The van der Waals surface area contributed by atoms with Crippen LogP contribution in [-0.4, -0.2) is 33.1 Å². The number of aromatic nitrogens is 2. The molecule has 1 N–H and O–H groups in total. The lowest BCUT2D eigenvalue weighted by Crippen LogP contribution is -2.47. The van der Waals surface area contributed by atoms with E-state index in [-0.39, 0.29) is 11.6 Å². The van der Waals surface area contributed by atoms with Crippen LogP contribution in [0, 0.1) is 5.92 Å². The second-order valence-electron chi connectivity index (χ2n) is 5.66. The molecule has 0 bridgehead atoms. The molecule has 0 fully saturated rings. The summed E-state index contributed by atoms with van der Waals surface area (Å²) in [4.78, 5) is 24.2. The molecular weight excluding hydrogens is 278 g/mol. The fraction of sp³-hybridized carbons (Fsp3) is 0.692. The molecule has 20 heavy (non-hydrogen) atoms. The number of hydrogen-bond acceptors (Lipinski definition) is 6. The van der Waals surface area contributed by atoms with E-state index < -0.39 is 23.5 Å². The molecule has 112 valence electrons. The normalized spacial score (nSPS) is 14.4. The first-order valence-corrected chi connectivity index (χ1v) is 7.39. The van der Waals surface area contributed by atoms with Crippen molar-refractivity contribution >= 4 is 23.4 Å². The Balaban J connectivity index is 2.79. The Morgan fingerprint density at radius 3 is 2.55 bits per heavy atom. The number of ether oxygens (including phenoxy) is 1. The lowest BCUT2D eigenvalue weighted by molar-refractivity contribution is -0.158. The molecular formula is C13H21N3O3S. The summed E-state index contributed by atoms with van der Waals surface area (Å²) in [6, 6.07) is -0.687. The average molecular weight is 299 g/mol. The maximum absolute atomic E-state index is 12.2. The van der Waals surface area contributed by atoms with Gasteiger partial charge >= 0.3 is 5.97 Å². The van der Waals surface area contributed by atoms with E-state index in [4.69, 9.17) is 4.74 Å². The Hall–Kier alpha value is -1.50. The molecule has 1 aromatic heterocycles. The van der Waals surface area contributed by atoms with Crippen LogP contribution in [0.3, 0.4) is 0 Å². The molecule has 7 heteroatoms. The molecule has 0 spiro atoms. The van der Waals surface area contributed by atoms with Crippen LogP contribution in [0.5, 0.6) is 0 Å². The molecule has 0 aliphatic heterocycles. The molecule has 1 rings (SSSR count). The van der Waals surface area contributed by atoms with Gasteiger partial charge in [-0.25, -0.2) is 4.79 Å². The summed E-state index contributed by atoms with van der Waals surface area (Å²) in [6.07, 6.45) is 0.750. The van der Waals surface area contributed by atoms with E-state index in [1.807, 2.05) is 13.8 Å². The van der Waals surface area contributed by atoms with Crippen LogP contribution in [0.4, 0.5) is 0 Å². The van der Waals surface area contributed by atoms with Gasteiger partial charge in [0.1, 0.15) is 11.6 Å². The Kier molecular flexibility index (Phi) is 5.62. The highest BCUT2D eigenvalue weighted by atomic mass is 32.1. The number of amides is 1. The summed E-state index contributed by atoms with van der Waals surface area (Å²) in [5, 5.41) is 7.92. The van der Waals surface area contributed by atoms with Gasteiger partial charge in [-0.1, -0.05) is 24.8 Å². The largest absolute Gasteiger partial charge is 0.458 e. The molecule has 0 saturated carbocycles. The minimum absolute atomic E-state index is 0.0274. The van der Waals surface area contributed by atoms with Gasteiger partial charge in [0.05, 0.1) is 0 Å². The van der Waals surface area contributed by atoms with Crippen LogP contribution in [0.15, 0.2) is 5.38 Å². The molecule has 6 nitrogen and oxygen atoms in total. The van der Waals surface area contributed by atoms with Gasteiger partial charge in [-0.3, -0.25) is 4.79 Å². The predicted molar refractivity (Wildman–Crippen MR) is 76.5 cm³/mol. The lowest BCUT2D eigenvalue weighted by Gasteiger charge is -2.27. The highest BCUT2D eigenvalue weighted by Gasteiger charge is 2.31. The van der Waals surface area contributed by atoms with Gasteiger partial charge in [0.25, 0.3) is 5.91 Å². The van der Waals surface area contributed by atoms with Crippen molar-refractivity contribution in [2.75, 3.05) is 0 Å². The molecule has 1 aromatic rings. The number of esters is 1. The topological polar surface area (TPSA) is 81.2 Å². The van der Waals surface area contributed by atoms with Crippen LogP contribution in [0.1, 0.15) is 51.5 Å². The van der Waals surface area contributed by atoms with E-state index in [0.29, 0.717) is 0 Å². The summed E-state index contributed by atoms with van der Waals surface area (Å²) >= 11 is 1.09. The Morgan fingerprint density at radius 1 is 1.45 bits per heavy atom. The Bertz CT molecular complexity index is 454. The second-order valence-corrected chi connectivity index (χ2v) is 6.27. The maximum atomic E-state index is 12.2. The van der Waals surface area contributed by atoms with Crippen LogP contribution in [0.2, 0.25) is 0 Å². The number of nitrogens with zero attached hydrogens (tertiary/aromatic N) is 2. The van der Waals surface area contributed by atoms with E-state index in [9.17, 15) is 9.59 Å². The predicted octanol–water partition coefficient (Wildman–Crippen LogP) is 2.02. The third-order valence-corrected chi connectivity index (χ3v) is 3.26. The third-order valence-electron chi connectivity index (χ3n) is 2.75. The van der Waals surface area contributed by atoms with Crippen molar-refractivity contribution in [3.63, 3.8) is 0 Å². The minimum atomic E-state index is -0.687. The third kappa shape index (κ3) is 4.88. The van der Waals surface area contributed by atoms with E-state index in [1.54, 1.807) is 20.8 Å². The number of carbonyl (C=O) groups is 2. The molecule has 0 aromatic carbocycles. The maximum Gasteiger partial charge on any atom is 0.329 e. The Labute approximate surface area is 123 Å². The molecule has 2 atom stereocenters. The van der Waals surface area contributed by atoms with Crippen molar-refractivity contribution in [2.45, 2.75) is 52.7 Å². The van der Waals surface area contributed by atoms with Crippen molar-refractivity contribution in [2.24, 2.45) is 5.92 Å². The molecule has 0 saturated heterocycles. The molecule has 0 aliphatic carbocycles. The highest BCUT2D eigenvalue weighted by molar-refractivity contribution is 7.03. The number of rotatable bonds is 5. The van der Waals surface area contributed by atoms with E-state index in [2.05, 4.69) is 14.9 Å². The SMILES string of the molecule is CC[C@H](C)[C@H](NC(=O)c1csnn1)C(=O)OC(C)(C)C.